The Balaban J connectivity index is 1.12. The van der Waals surface area contributed by atoms with E-state index in [1.807, 2.05) is 30.3 Å². The highest BCUT2D eigenvalue weighted by molar-refractivity contribution is 14.2. The Morgan fingerprint density at radius 1 is 0.339 bits per heavy atom. The summed E-state index contributed by atoms with van der Waals surface area (Å²) in [6.45, 7) is 0. The van der Waals surface area contributed by atoms with Crippen LogP contribution in [0.4, 0.5) is 0 Å². The Morgan fingerprint density at radius 3 is 1.73 bits per heavy atom. The number of nitrogens with zero attached hydrogens (tertiary/aromatic N) is 2. The zero-order chi connectivity index (χ0) is 37.0. The number of aliphatic imine (C=N–C) groups is 2. The number of halogens is 1. The number of amidine groups is 1. The Morgan fingerprint density at radius 2 is 0.946 bits per heavy atom. The Hall–Kier alpha value is -6.70. The van der Waals surface area contributed by atoms with Gasteiger partial charge in [-0.05, 0) is 84.9 Å². The monoisotopic (exact) mass is 830 g/mol. The van der Waals surface area contributed by atoms with Crippen molar-refractivity contribution in [3.63, 3.8) is 0 Å². The highest BCUT2D eigenvalue weighted by atomic mass is 127. The number of benzene rings is 8. The van der Waals surface area contributed by atoms with Crippen LogP contribution in [0.5, 0.6) is 0 Å². The molecule has 11 rings (SSSR count). The van der Waals surface area contributed by atoms with E-state index in [9.17, 15) is 0 Å². The molecule has 8 aromatic carbocycles. The highest BCUT2D eigenvalue weighted by Gasteiger charge is 2.22. The molecule has 0 unspecified atom stereocenters. The fraction of sp³-hybridized carbons (Fsp3) is 0. The summed E-state index contributed by atoms with van der Waals surface area (Å²) in [7, 11) is 0. The fourth-order valence-corrected chi connectivity index (χ4v) is 10.2. The van der Waals surface area contributed by atoms with E-state index in [2.05, 4.69) is 158 Å². The molecule has 56 heavy (non-hydrogen) atoms. The predicted octanol–water partition coefficient (Wildman–Crippen LogP) is 13.8. The van der Waals surface area contributed by atoms with Crippen LogP contribution < -0.4 is 0 Å². The van der Waals surface area contributed by atoms with E-state index in [0.29, 0.717) is 5.84 Å². The smallest absolute Gasteiger partial charge is 0.165 e. The second-order valence-corrected chi connectivity index (χ2v) is 16.5. The van der Waals surface area contributed by atoms with Crippen molar-refractivity contribution in [1.82, 2.24) is 0 Å². The molecule has 5 heteroatoms. The van der Waals surface area contributed by atoms with Gasteiger partial charge in [0.2, 0.25) is 0 Å². The first kappa shape index (κ1) is 32.7. The van der Waals surface area contributed by atoms with Gasteiger partial charge in [0.25, 0.3) is 0 Å². The molecule has 3 heterocycles. The summed E-state index contributed by atoms with van der Waals surface area (Å²) in [4.78, 5) is 10.5. The zero-order valence-corrected chi connectivity index (χ0v) is 32.1. The van der Waals surface area contributed by atoms with Gasteiger partial charge in [-0.15, -0.1) is 0 Å². The first-order valence-electron chi connectivity index (χ1n) is 18.6. The lowest BCUT2D eigenvalue weighted by Gasteiger charge is -2.13. The van der Waals surface area contributed by atoms with Crippen molar-refractivity contribution in [2.24, 2.45) is 9.98 Å². The molecule has 0 fully saturated rings. The summed E-state index contributed by atoms with van der Waals surface area (Å²) in [5, 5.41) is 4.29. The third kappa shape index (κ3) is 5.71. The van der Waals surface area contributed by atoms with Crippen LogP contribution in [0.2, 0.25) is 0 Å². The topological polar surface area (TPSA) is 51.0 Å². The van der Waals surface area contributed by atoms with E-state index in [1.165, 1.54) is 11.1 Å². The van der Waals surface area contributed by atoms with Gasteiger partial charge in [0, 0.05) is 38.2 Å². The van der Waals surface area contributed by atoms with Crippen LogP contribution in [0.1, 0.15) is 16.7 Å². The molecule has 1 aliphatic rings. The molecule has 2 aromatic heterocycles. The second-order valence-electron chi connectivity index (χ2n) is 13.9. The number of para-hydroxylation sites is 2. The summed E-state index contributed by atoms with van der Waals surface area (Å²) < 4.78 is 15.6. The maximum Gasteiger partial charge on any atom is 0.165 e. The number of fused-ring (bicyclic) bond motifs is 6. The lowest BCUT2D eigenvalue weighted by Crippen LogP contribution is -2.11. The van der Waals surface area contributed by atoms with Gasteiger partial charge in [0.15, 0.2) is 5.84 Å². The van der Waals surface area contributed by atoms with E-state index < -0.39 is 20.7 Å². The SMILES string of the molecule is c1ccc(C2=NC(c3cccc4c3oc3c(-c5ccc(-c6ccccc6)cc5)cc(-c5ccc6c(c5)oc5ccccc56)cc34)=NC(c3ccccc3)=I2)cc1. The standard InChI is InChI=1S/C51H31IN2O2/c1-4-13-32(14-5-1)33-23-25-34(26-24-33)43-29-38(37-27-28-40-39-19-10-11-22-45(39)55-46(40)31-37)30-44-41-20-12-21-42(47(41)56-48(43)44)51-53-49(35-15-6-2-7-16-35)52-50(54-51)36-17-8-3-9-18-36/h1-31H. The molecule has 0 N–H and O–H groups in total. The largest absolute Gasteiger partial charge is 0.456 e. The van der Waals surface area contributed by atoms with Crippen LogP contribution in [0.15, 0.2) is 207 Å². The highest BCUT2D eigenvalue weighted by Crippen LogP contribution is 2.42. The van der Waals surface area contributed by atoms with Crippen molar-refractivity contribution >= 4 is 77.8 Å². The minimum Gasteiger partial charge on any atom is -0.456 e. The zero-order valence-electron chi connectivity index (χ0n) is 30.0. The number of rotatable bonds is 6. The molecule has 0 saturated heterocycles. The average Bonchev–Trinajstić information content (AvgIpc) is 3.85. The van der Waals surface area contributed by atoms with Crippen LogP contribution in [0.3, 0.4) is 0 Å². The van der Waals surface area contributed by atoms with Crippen LogP contribution in [0.25, 0.3) is 77.3 Å². The Kier molecular flexibility index (Phi) is 7.91. The van der Waals surface area contributed by atoms with Gasteiger partial charge in [-0.3, -0.25) is 0 Å². The van der Waals surface area contributed by atoms with Gasteiger partial charge < -0.3 is 8.83 Å². The molecular weight excluding hydrogens is 799 g/mol. The van der Waals surface area contributed by atoms with Gasteiger partial charge in [0.05, 0.1) is 5.56 Å². The van der Waals surface area contributed by atoms with Crippen LogP contribution in [0, 0.1) is 0 Å². The van der Waals surface area contributed by atoms with E-state index >= 15 is 0 Å². The van der Waals surface area contributed by atoms with Crippen LogP contribution in [-0.2, 0) is 0 Å². The van der Waals surface area contributed by atoms with Crippen molar-refractivity contribution < 1.29 is 8.83 Å². The van der Waals surface area contributed by atoms with Crippen molar-refractivity contribution in [2.75, 3.05) is 0 Å². The normalized spacial score (nSPS) is 13.1. The summed E-state index contributed by atoms with van der Waals surface area (Å²) >= 11 is -0.624. The first-order valence-corrected chi connectivity index (χ1v) is 20.8. The summed E-state index contributed by atoms with van der Waals surface area (Å²) in [5.74, 6) is 0.669. The number of hydrogen-bond donors (Lipinski definition) is 0. The van der Waals surface area contributed by atoms with Crippen LogP contribution in [-0.4, -0.2) is 13.2 Å². The predicted molar refractivity (Wildman–Crippen MR) is 241 cm³/mol. The third-order valence-corrected chi connectivity index (χ3v) is 13.2. The minimum absolute atomic E-state index is 0.624. The summed E-state index contributed by atoms with van der Waals surface area (Å²) in [5.41, 5.74) is 13.1. The van der Waals surface area contributed by atoms with Gasteiger partial charge in [-0.25, -0.2) is 9.98 Å². The maximum absolute atomic E-state index is 7.05. The molecule has 1 aliphatic heterocycles. The molecular formula is C51H31IN2O2. The third-order valence-electron chi connectivity index (χ3n) is 10.5. The molecule has 0 saturated carbocycles. The molecule has 10 aromatic rings. The Labute approximate surface area is 332 Å². The van der Waals surface area contributed by atoms with E-state index in [1.54, 1.807) is 0 Å². The van der Waals surface area contributed by atoms with Crippen molar-refractivity contribution in [3.05, 3.63) is 205 Å². The van der Waals surface area contributed by atoms with E-state index in [0.717, 1.165) is 90.2 Å². The van der Waals surface area contributed by atoms with Crippen LogP contribution >= 0.6 is 20.7 Å². The quantitative estimate of drug-likeness (QED) is 0.157. The summed E-state index contributed by atoms with van der Waals surface area (Å²) in [6.07, 6.45) is 0. The van der Waals surface area contributed by atoms with Crippen molar-refractivity contribution in [2.45, 2.75) is 0 Å². The number of furan rings is 2. The van der Waals surface area contributed by atoms with Gasteiger partial charge >= 0.3 is 0 Å². The lowest BCUT2D eigenvalue weighted by atomic mass is 9.94. The molecule has 0 amide bonds. The molecule has 0 aliphatic carbocycles. The minimum atomic E-state index is -0.624. The van der Waals surface area contributed by atoms with Gasteiger partial charge in [-0.1, -0.05) is 152 Å². The molecule has 0 atom stereocenters. The van der Waals surface area contributed by atoms with E-state index in [-0.39, 0.29) is 0 Å². The second kappa shape index (κ2) is 13.6. The molecule has 0 spiro atoms. The van der Waals surface area contributed by atoms with E-state index in [4.69, 9.17) is 18.8 Å². The fourth-order valence-electron chi connectivity index (χ4n) is 7.68. The molecule has 264 valence electrons. The molecule has 0 bridgehead atoms. The average molecular weight is 831 g/mol. The Bertz CT molecular complexity index is 3170. The summed E-state index contributed by atoms with van der Waals surface area (Å²) in [6, 6.07) is 65.8. The van der Waals surface area contributed by atoms with Crippen molar-refractivity contribution in [1.29, 1.82) is 0 Å². The first-order chi connectivity index (χ1) is 27.7. The van der Waals surface area contributed by atoms with Gasteiger partial charge in [-0.2, -0.15) is 0 Å². The lowest BCUT2D eigenvalue weighted by molar-refractivity contribution is 0.669. The maximum atomic E-state index is 7.05. The molecule has 0 radical (unpaired) electrons. The van der Waals surface area contributed by atoms with Crippen molar-refractivity contribution in [3.8, 4) is 33.4 Å². The van der Waals surface area contributed by atoms with Gasteiger partial charge in [0.1, 0.15) is 29.7 Å². The molecule has 4 nitrogen and oxygen atoms in total. The number of hydrogen-bond acceptors (Lipinski definition) is 4.